The molecule has 0 saturated heterocycles. The third-order valence-corrected chi connectivity index (χ3v) is 4.95. The largest absolute Gasteiger partial charge is 0.337 e. The fourth-order valence-corrected chi connectivity index (χ4v) is 3.39. The molecule has 0 N–H and O–H groups in total. The van der Waals surface area contributed by atoms with Crippen molar-refractivity contribution in [1.29, 1.82) is 0 Å². The molecule has 0 aliphatic rings. The van der Waals surface area contributed by atoms with Gasteiger partial charge in [-0.25, -0.2) is 0 Å². The van der Waals surface area contributed by atoms with Crippen molar-refractivity contribution in [2.24, 2.45) is 0 Å². The fourth-order valence-electron chi connectivity index (χ4n) is 1.59. The number of benzene rings is 1. The molecule has 0 saturated carbocycles. The van der Waals surface area contributed by atoms with Crippen molar-refractivity contribution in [3.63, 3.8) is 0 Å². The zero-order valence-corrected chi connectivity index (χ0v) is 13.9. The summed E-state index contributed by atoms with van der Waals surface area (Å²) >= 11 is 16.8. The molecule has 0 radical (unpaired) electrons. The normalized spacial score (nSPS) is 10.5. The summed E-state index contributed by atoms with van der Waals surface area (Å²) < 4.78 is 1.03. The van der Waals surface area contributed by atoms with E-state index < -0.39 is 0 Å². The molecule has 100 valence electrons. The van der Waals surface area contributed by atoms with Crippen molar-refractivity contribution in [3.05, 3.63) is 54.6 Å². The van der Waals surface area contributed by atoms with Crippen LogP contribution in [-0.2, 0) is 6.54 Å². The lowest BCUT2D eigenvalue weighted by atomic mass is 10.2. The highest BCUT2D eigenvalue weighted by Gasteiger charge is 2.14. The van der Waals surface area contributed by atoms with Crippen LogP contribution in [0.3, 0.4) is 0 Å². The van der Waals surface area contributed by atoms with E-state index in [0.29, 0.717) is 22.2 Å². The van der Waals surface area contributed by atoms with Crippen LogP contribution >= 0.6 is 50.5 Å². The first-order valence-electron chi connectivity index (χ1n) is 5.41. The lowest BCUT2D eigenvalue weighted by Crippen LogP contribution is -2.25. The van der Waals surface area contributed by atoms with Gasteiger partial charge in [0.1, 0.15) is 0 Å². The summed E-state index contributed by atoms with van der Waals surface area (Å²) in [4.78, 5) is 15.0. The Hall–Kier alpha value is -0.550. The number of amides is 1. The van der Waals surface area contributed by atoms with E-state index in [-0.39, 0.29) is 5.91 Å². The van der Waals surface area contributed by atoms with Crippen LogP contribution in [0, 0.1) is 0 Å². The number of halogens is 3. The molecular formula is C13H10BrCl2NOS. The minimum Gasteiger partial charge on any atom is -0.337 e. The van der Waals surface area contributed by atoms with Crippen molar-refractivity contribution in [3.8, 4) is 0 Å². The third-order valence-electron chi connectivity index (χ3n) is 2.53. The second-order valence-electron chi connectivity index (χ2n) is 4.02. The van der Waals surface area contributed by atoms with Crippen LogP contribution in [-0.4, -0.2) is 17.9 Å². The van der Waals surface area contributed by atoms with E-state index in [0.717, 1.165) is 9.35 Å². The molecule has 0 bridgehead atoms. The Morgan fingerprint density at radius 2 is 2.05 bits per heavy atom. The fraction of sp³-hybridized carbons (Fsp3) is 0.154. The van der Waals surface area contributed by atoms with Gasteiger partial charge in [0, 0.05) is 27.3 Å². The van der Waals surface area contributed by atoms with Gasteiger partial charge in [0.2, 0.25) is 0 Å². The van der Waals surface area contributed by atoms with E-state index in [4.69, 9.17) is 23.2 Å². The van der Waals surface area contributed by atoms with Gasteiger partial charge in [0.15, 0.2) is 0 Å². The van der Waals surface area contributed by atoms with Crippen LogP contribution < -0.4 is 0 Å². The SMILES string of the molecule is CN(Cc1cc(Br)cs1)C(=O)c1ccc(Cl)c(Cl)c1. The molecule has 0 unspecified atom stereocenters. The minimum absolute atomic E-state index is 0.0805. The number of nitrogens with zero attached hydrogens (tertiary/aromatic N) is 1. The number of hydrogen-bond acceptors (Lipinski definition) is 2. The van der Waals surface area contributed by atoms with Gasteiger partial charge in [0.05, 0.1) is 16.6 Å². The van der Waals surface area contributed by atoms with Gasteiger partial charge in [-0.05, 0) is 40.2 Å². The number of hydrogen-bond donors (Lipinski definition) is 0. The molecule has 0 spiro atoms. The Kier molecular flexibility index (Phi) is 4.90. The monoisotopic (exact) mass is 377 g/mol. The van der Waals surface area contributed by atoms with E-state index in [1.54, 1.807) is 41.5 Å². The molecular weight excluding hydrogens is 369 g/mol. The Labute approximate surface area is 134 Å². The first-order chi connectivity index (χ1) is 8.97. The average molecular weight is 379 g/mol. The topological polar surface area (TPSA) is 20.3 Å². The van der Waals surface area contributed by atoms with Crippen LogP contribution in [0.15, 0.2) is 34.1 Å². The molecule has 1 aromatic carbocycles. The predicted octanol–water partition coefficient (Wildman–Crippen LogP) is 5.09. The molecule has 0 aliphatic heterocycles. The van der Waals surface area contributed by atoms with E-state index in [9.17, 15) is 4.79 Å². The van der Waals surface area contributed by atoms with E-state index >= 15 is 0 Å². The highest BCUT2D eigenvalue weighted by molar-refractivity contribution is 9.10. The van der Waals surface area contributed by atoms with Crippen molar-refractivity contribution >= 4 is 56.4 Å². The maximum atomic E-state index is 12.2. The van der Waals surface area contributed by atoms with Crippen molar-refractivity contribution in [1.82, 2.24) is 4.90 Å². The molecule has 0 aliphatic carbocycles. The standard InChI is InChI=1S/C13H10BrCl2NOS/c1-17(6-10-5-9(14)7-19-10)13(18)8-2-3-11(15)12(16)4-8/h2-5,7H,6H2,1H3. The highest BCUT2D eigenvalue weighted by atomic mass is 79.9. The quantitative estimate of drug-likeness (QED) is 0.728. The lowest BCUT2D eigenvalue weighted by molar-refractivity contribution is 0.0786. The molecule has 1 aromatic heterocycles. The molecule has 19 heavy (non-hydrogen) atoms. The summed E-state index contributed by atoms with van der Waals surface area (Å²) in [6.45, 7) is 0.565. The van der Waals surface area contributed by atoms with Gasteiger partial charge in [-0.2, -0.15) is 0 Å². The molecule has 0 fully saturated rings. The number of carbonyl (C=O) groups is 1. The van der Waals surface area contributed by atoms with Crippen LogP contribution in [0.1, 0.15) is 15.2 Å². The van der Waals surface area contributed by atoms with Gasteiger partial charge in [-0.15, -0.1) is 11.3 Å². The maximum absolute atomic E-state index is 12.2. The average Bonchev–Trinajstić information content (AvgIpc) is 2.77. The smallest absolute Gasteiger partial charge is 0.253 e. The predicted molar refractivity (Wildman–Crippen MR) is 84.3 cm³/mol. The Morgan fingerprint density at radius 3 is 2.63 bits per heavy atom. The molecule has 6 heteroatoms. The molecule has 1 amide bonds. The second-order valence-corrected chi connectivity index (χ2v) is 6.75. The summed E-state index contributed by atoms with van der Waals surface area (Å²) in [7, 11) is 1.76. The van der Waals surface area contributed by atoms with Crippen LogP contribution in [0.2, 0.25) is 10.0 Å². The Balaban J connectivity index is 2.12. The summed E-state index contributed by atoms with van der Waals surface area (Å²) in [5.74, 6) is -0.0805. The zero-order chi connectivity index (χ0) is 14.0. The van der Waals surface area contributed by atoms with Crippen molar-refractivity contribution < 1.29 is 4.79 Å². The van der Waals surface area contributed by atoms with E-state index in [2.05, 4.69) is 15.9 Å². The zero-order valence-electron chi connectivity index (χ0n) is 9.99. The van der Waals surface area contributed by atoms with Gasteiger partial charge in [-0.1, -0.05) is 23.2 Å². The molecule has 0 atom stereocenters. The maximum Gasteiger partial charge on any atom is 0.253 e. The van der Waals surface area contributed by atoms with E-state index in [1.165, 1.54) is 0 Å². The number of thiophene rings is 1. The lowest BCUT2D eigenvalue weighted by Gasteiger charge is -2.16. The van der Waals surface area contributed by atoms with Crippen LogP contribution in [0.25, 0.3) is 0 Å². The van der Waals surface area contributed by atoms with Gasteiger partial charge >= 0.3 is 0 Å². The molecule has 1 heterocycles. The molecule has 2 aromatic rings. The van der Waals surface area contributed by atoms with Gasteiger partial charge < -0.3 is 4.90 Å². The second kappa shape index (κ2) is 6.27. The summed E-state index contributed by atoms with van der Waals surface area (Å²) in [5, 5.41) is 2.83. The number of carbonyl (C=O) groups excluding carboxylic acids is 1. The summed E-state index contributed by atoms with van der Waals surface area (Å²) in [5.41, 5.74) is 0.535. The van der Waals surface area contributed by atoms with Crippen molar-refractivity contribution in [2.45, 2.75) is 6.54 Å². The van der Waals surface area contributed by atoms with Gasteiger partial charge in [0.25, 0.3) is 5.91 Å². The van der Waals surface area contributed by atoms with E-state index in [1.807, 2.05) is 11.4 Å². The number of rotatable bonds is 3. The molecule has 2 nitrogen and oxygen atoms in total. The van der Waals surface area contributed by atoms with Crippen LogP contribution in [0.4, 0.5) is 0 Å². The highest BCUT2D eigenvalue weighted by Crippen LogP contribution is 2.24. The first-order valence-corrected chi connectivity index (χ1v) is 7.83. The third kappa shape index (κ3) is 3.72. The first kappa shape index (κ1) is 14.9. The van der Waals surface area contributed by atoms with Crippen LogP contribution in [0.5, 0.6) is 0 Å². The molecule has 2 rings (SSSR count). The summed E-state index contributed by atoms with van der Waals surface area (Å²) in [6, 6.07) is 6.90. The summed E-state index contributed by atoms with van der Waals surface area (Å²) in [6.07, 6.45) is 0. The minimum atomic E-state index is -0.0805. The van der Waals surface area contributed by atoms with Crippen molar-refractivity contribution in [2.75, 3.05) is 7.05 Å². The van der Waals surface area contributed by atoms with Gasteiger partial charge in [-0.3, -0.25) is 4.79 Å². The Morgan fingerprint density at radius 1 is 1.32 bits per heavy atom. The Bertz CT molecular complexity index is 614.